The highest BCUT2D eigenvalue weighted by Gasteiger charge is 2.07. The Labute approximate surface area is 208 Å². The van der Waals surface area contributed by atoms with E-state index in [1.807, 2.05) is 38.2 Å². The van der Waals surface area contributed by atoms with E-state index in [0.717, 1.165) is 30.9 Å². The SMILES string of the molecule is COC(C/C=C/C=C/CC/C=C/CC(C)/C=C/C(=C/C(=O)O)CC(=O)O)/C(C)=C/C=C(\C)C(=O)O. The Balaban J connectivity index is 4.41. The molecule has 0 saturated carbocycles. The van der Waals surface area contributed by atoms with Gasteiger partial charge in [0.2, 0.25) is 0 Å². The summed E-state index contributed by atoms with van der Waals surface area (Å²) in [5.41, 5.74) is 1.48. The second kappa shape index (κ2) is 18.9. The zero-order valence-electron chi connectivity index (χ0n) is 21.0. The van der Waals surface area contributed by atoms with Crippen LogP contribution in [-0.2, 0) is 19.1 Å². The maximum absolute atomic E-state index is 10.9. The van der Waals surface area contributed by atoms with Crippen LogP contribution < -0.4 is 0 Å². The first-order chi connectivity index (χ1) is 16.6. The fourth-order valence-electron chi connectivity index (χ4n) is 2.84. The van der Waals surface area contributed by atoms with Crippen molar-refractivity contribution in [1.82, 2.24) is 0 Å². The first-order valence-corrected chi connectivity index (χ1v) is 11.5. The number of ether oxygens (including phenoxy) is 1. The molecule has 3 N–H and O–H groups in total. The minimum Gasteiger partial charge on any atom is -0.481 e. The van der Waals surface area contributed by atoms with E-state index < -0.39 is 17.9 Å². The van der Waals surface area contributed by atoms with E-state index in [9.17, 15) is 14.4 Å². The average molecular weight is 487 g/mol. The van der Waals surface area contributed by atoms with E-state index in [2.05, 4.69) is 18.2 Å². The van der Waals surface area contributed by atoms with Gasteiger partial charge in [-0.3, -0.25) is 4.79 Å². The average Bonchev–Trinajstić information content (AvgIpc) is 2.78. The van der Waals surface area contributed by atoms with Crippen LogP contribution in [0.2, 0.25) is 0 Å². The van der Waals surface area contributed by atoms with Crippen molar-refractivity contribution in [3.8, 4) is 0 Å². The molecular formula is C28H38O7. The molecule has 7 nitrogen and oxygen atoms in total. The van der Waals surface area contributed by atoms with Gasteiger partial charge in [-0.05, 0) is 56.6 Å². The van der Waals surface area contributed by atoms with Crippen molar-refractivity contribution >= 4 is 17.9 Å². The molecule has 0 spiro atoms. The lowest BCUT2D eigenvalue weighted by molar-refractivity contribution is -0.136. The Hall–Kier alpha value is -3.45. The van der Waals surface area contributed by atoms with Crippen LogP contribution in [0.15, 0.2) is 83.6 Å². The Kier molecular flexibility index (Phi) is 17.1. The van der Waals surface area contributed by atoms with Gasteiger partial charge in [0.25, 0.3) is 0 Å². The summed E-state index contributed by atoms with van der Waals surface area (Å²) in [5.74, 6) is -3.01. The standard InChI is InChI=1S/C28H38O7/c1-21(15-18-24(19-26(29)30)20-27(31)32)13-11-9-7-5-6-8-10-12-14-25(35-4)22(2)16-17-23(3)28(33)34/h6,8-12,15-19,21,25H,5,7,13-14,20H2,1-4H3,(H,29,30)(H,31,32)(H,33,34)/b8-6+,11-9+,12-10+,18-15+,22-16+,23-17+,24-19-. The minimum absolute atomic E-state index is 0.115. The summed E-state index contributed by atoms with van der Waals surface area (Å²) < 4.78 is 5.47. The van der Waals surface area contributed by atoms with E-state index in [1.165, 1.54) is 0 Å². The maximum atomic E-state index is 10.9. The fraction of sp³-hybridized carbons (Fsp3) is 0.393. The topological polar surface area (TPSA) is 121 Å². The summed E-state index contributed by atoms with van der Waals surface area (Å²) in [7, 11) is 1.63. The number of aliphatic carboxylic acids is 3. The normalized spacial score (nSPS) is 15.5. The number of carbonyl (C=O) groups is 3. The van der Waals surface area contributed by atoms with E-state index in [-0.39, 0.29) is 29.6 Å². The predicted molar refractivity (Wildman–Crippen MR) is 138 cm³/mol. The molecule has 0 saturated heterocycles. The molecule has 2 unspecified atom stereocenters. The Morgan fingerprint density at radius 3 is 2.14 bits per heavy atom. The lowest BCUT2D eigenvalue weighted by Gasteiger charge is -2.13. The summed E-state index contributed by atoms with van der Waals surface area (Å²) in [6.07, 6.45) is 22.6. The first-order valence-electron chi connectivity index (χ1n) is 11.5. The van der Waals surface area contributed by atoms with E-state index in [4.69, 9.17) is 20.1 Å². The van der Waals surface area contributed by atoms with Gasteiger partial charge in [0.15, 0.2) is 0 Å². The Morgan fingerprint density at radius 1 is 0.886 bits per heavy atom. The highest BCUT2D eigenvalue weighted by molar-refractivity contribution is 5.86. The number of hydrogen-bond donors (Lipinski definition) is 3. The molecule has 0 heterocycles. The number of unbranched alkanes of at least 4 members (excludes halogenated alkanes) is 1. The van der Waals surface area contributed by atoms with Crippen molar-refractivity contribution in [3.63, 3.8) is 0 Å². The van der Waals surface area contributed by atoms with Gasteiger partial charge >= 0.3 is 17.9 Å². The van der Waals surface area contributed by atoms with Crippen molar-refractivity contribution in [2.45, 2.75) is 59.0 Å². The second-order valence-electron chi connectivity index (χ2n) is 8.13. The fourth-order valence-corrected chi connectivity index (χ4v) is 2.84. The van der Waals surface area contributed by atoms with Gasteiger partial charge in [-0.15, -0.1) is 0 Å². The third kappa shape index (κ3) is 17.7. The molecule has 192 valence electrons. The molecule has 0 aliphatic heterocycles. The molecule has 0 bridgehead atoms. The summed E-state index contributed by atoms with van der Waals surface area (Å²) in [4.78, 5) is 32.4. The number of rotatable bonds is 17. The van der Waals surface area contributed by atoms with Gasteiger partial charge in [0, 0.05) is 18.8 Å². The second-order valence-corrected chi connectivity index (χ2v) is 8.13. The number of carboxylic acids is 3. The van der Waals surface area contributed by atoms with Crippen molar-refractivity contribution in [2.24, 2.45) is 5.92 Å². The lowest BCUT2D eigenvalue weighted by Crippen LogP contribution is -2.10. The molecule has 2 atom stereocenters. The van der Waals surface area contributed by atoms with Crippen LogP contribution in [0.25, 0.3) is 0 Å². The van der Waals surface area contributed by atoms with Crippen molar-refractivity contribution in [3.05, 3.63) is 83.6 Å². The van der Waals surface area contributed by atoms with Gasteiger partial charge in [-0.1, -0.05) is 67.7 Å². The third-order valence-corrected chi connectivity index (χ3v) is 4.94. The molecule has 0 rings (SSSR count). The first kappa shape index (κ1) is 31.6. The van der Waals surface area contributed by atoms with Crippen molar-refractivity contribution in [1.29, 1.82) is 0 Å². The van der Waals surface area contributed by atoms with Crippen LogP contribution in [0.4, 0.5) is 0 Å². The van der Waals surface area contributed by atoms with E-state index in [0.29, 0.717) is 6.42 Å². The van der Waals surface area contributed by atoms with Gasteiger partial charge in [-0.2, -0.15) is 0 Å². The van der Waals surface area contributed by atoms with Crippen LogP contribution in [0, 0.1) is 5.92 Å². The predicted octanol–water partition coefficient (Wildman–Crippen LogP) is 5.89. The van der Waals surface area contributed by atoms with Gasteiger partial charge in [-0.25, -0.2) is 9.59 Å². The number of hydrogen-bond acceptors (Lipinski definition) is 4. The summed E-state index contributed by atoms with van der Waals surface area (Å²) in [5, 5.41) is 26.6. The third-order valence-electron chi connectivity index (χ3n) is 4.94. The van der Waals surface area contributed by atoms with Crippen molar-refractivity contribution in [2.75, 3.05) is 7.11 Å². The Bertz CT molecular complexity index is 898. The zero-order chi connectivity index (χ0) is 26.6. The van der Waals surface area contributed by atoms with Gasteiger partial charge in [0.05, 0.1) is 12.5 Å². The number of methoxy groups -OCH3 is 1. The molecule has 0 radical (unpaired) electrons. The summed E-state index contributed by atoms with van der Waals surface area (Å²) in [6, 6.07) is 0. The van der Waals surface area contributed by atoms with Crippen LogP contribution in [0.3, 0.4) is 0 Å². The molecule has 0 aromatic rings. The minimum atomic E-state index is -1.16. The summed E-state index contributed by atoms with van der Waals surface area (Å²) >= 11 is 0. The van der Waals surface area contributed by atoms with Crippen LogP contribution in [0.5, 0.6) is 0 Å². The molecule has 0 fully saturated rings. The molecule has 35 heavy (non-hydrogen) atoms. The highest BCUT2D eigenvalue weighted by Crippen LogP contribution is 2.12. The lowest BCUT2D eigenvalue weighted by atomic mass is 10.0. The molecule has 0 amide bonds. The molecular weight excluding hydrogens is 448 g/mol. The number of carboxylic acid groups (broad SMARTS) is 3. The molecule has 0 aliphatic carbocycles. The Morgan fingerprint density at radius 2 is 1.54 bits per heavy atom. The van der Waals surface area contributed by atoms with Crippen LogP contribution in [0.1, 0.15) is 52.9 Å². The van der Waals surface area contributed by atoms with Crippen LogP contribution >= 0.6 is 0 Å². The van der Waals surface area contributed by atoms with E-state index >= 15 is 0 Å². The molecule has 0 aromatic heterocycles. The van der Waals surface area contributed by atoms with Crippen LogP contribution in [-0.4, -0.2) is 46.4 Å². The molecule has 0 aromatic carbocycles. The summed E-state index contributed by atoms with van der Waals surface area (Å²) in [6.45, 7) is 5.44. The quantitative estimate of drug-likeness (QED) is 0.101. The van der Waals surface area contributed by atoms with Gasteiger partial charge < -0.3 is 20.1 Å². The van der Waals surface area contributed by atoms with E-state index in [1.54, 1.807) is 32.3 Å². The highest BCUT2D eigenvalue weighted by atomic mass is 16.5. The largest absolute Gasteiger partial charge is 0.481 e. The maximum Gasteiger partial charge on any atom is 0.331 e. The smallest absolute Gasteiger partial charge is 0.331 e. The molecule has 0 aliphatic rings. The number of allylic oxidation sites excluding steroid dienone is 9. The zero-order valence-corrected chi connectivity index (χ0v) is 21.0. The van der Waals surface area contributed by atoms with Crippen molar-refractivity contribution < 1.29 is 34.4 Å². The monoisotopic (exact) mass is 486 g/mol. The van der Waals surface area contributed by atoms with Gasteiger partial charge in [0.1, 0.15) is 0 Å². The molecule has 7 heteroatoms.